The van der Waals surface area contributed by atoms with Gasteiger partial charge in [0.2, 0.25) is 0 Å². The molecule has 0 saturated carbocycles. The Kier molecular flexibility index (Phi) is 2.82. The lowest BCUT2D eigenvalue weighted by Crippen LogP contribution is -2.22. The number of hydrogen-bond acceptors (Lipinski definition) is 5. The van der Waals surface area contributed by atoms with Gasteiger partial charge in [-0.3, -0.25) is 4.79 Å². The number of amides is 1. The zero-order chi connectivity index (χ0) is 11.5. The van der Waals surface area contributed by atoms with E-state index < -0.39 is 0 Å². The number of aromatic nitrogens is 2. The summed E-state index contributed by atoms with van der Waals surface area (Å²) < 4.78 is 0. The molecule has 2 aromatic heterocycles. The van der Waals surface area contributed by atoms with Gasteiger partial charge >= 0.3 is 0 Å². The first-order chi connectivity index (χ1) is 7.74. The largest absolute Gasteiger partial charge is 0.397 e. The molecule has 5 nitrogen and oxygen atoms in total. The summed E-state index contributed by atoms with van der Waals surface area (Å²) in [4.78, 5) is 12.9. The highest BCUT2D eigenvalue weighted by atomic mass is 32.1. The van der Waals surface area contributed by atoms with Gasteiger partial charge in [0.15, 0.2) is 0 Å². The minimum absolute atomic E-state index is 0.208. The fourth-order valence-corrected chi connectivity index (χ4v) is 2.24. The van der Waals surface area contributed by atoms with Crippen molar-refractivity contribution in [1.82, 2.24) is 15.5 Å². The summed E-state index contributed by atoms with van der Waals surface area (Å²) in [5.41, 5.74) is 6.32. The molecule has 0 bridgehead atoms. The third kappa shape index (κ3) is 1.74. The molecule has 1 amide bonds. The average molecular weight is 234 g/mol. The molecule has 0 aliphatic rings. The number of nitrogen functional groups attached to an aromatic ring is 1. The van der Waals surface area contributed by atoms with Gasteiger partial charge in [0, 0.05) is 11.9 Å². The number of rotatable bonds is 3. The summed E-state index contributed by atoms with van der Waals surface area (Å²) in [5.74, 6) is -0.208. The molecule has 0 aliphatic heterocycles. The first-order valence-corrected chi connectivity index (χ1v) is 5.44. The maximum absolute atomic E-state index is 11.7. The summed E-state index contributed by atoms with van der Waals surface area (Å²) in [7, 11) is 0. The number of nitrogens with one attached hydrogen (secondary N) is 1. The van der Waals surface area contributed by atoms with Crippen LogP contribution < -0.4 is 11.1 Å². The van der Waals surface area contributed by atoms with E-state index in [1.807, 2.05) is 0 Å². The van der Waals surface area contributed by atoms with Crippen molar-refractivity contribution in [1.29, 1.82) is 0 Å². The second-order valence-electron chi connectivity index (χ2n) is 3.09. The van der Waals surface area contributed by atoms with E-state index in [-0.39, 0.29) is 5.91 Å². The molecule has 82 valence electrons. The Labute approximate surface area is 96.0 Å². The Balaban J connectivity index is 2.41. The molecule has 0 aromatic carbocycles. The van der Waals surface area contributed by atoms with Gasteiger partial charge in [-0.25, -0.2) is 0 Å². The van der Waals surface area contributed by atoms with Gasteiger partial charge < -0.3 is 11.1 Å². The van der Waals surface area contributed by atoms with Crippen LogP contribution in [0.5, 0.6) is 0 Å². The maximum Gasteiger partial charge on any atom is 0.263 e. The van der Waals surface area contributed by atoms with Crippen molar-refractivity contribution in [3.63, 3.8) is 0 Å². The molecule has 0 fully saturated rings. The molecule has 0 atom stereocenters. The fraction of sp³-hybridized carbons (Fsp3) is 0.100. The molecule has 0 saturated heterocycles. The summed E-state index contributed by atoms with van der Waals surface area (Å²) in [6, 6.07) is 1.75. The molecule has 2 heterocycles. The molecule has 0 spiro atoms. The molecular weight excluding hydrogens is 224 g/mol. The van der Waals surface area contributed by atoms with Gasteiger partial charge in [0.05, 0.1) is 11.9 Å². The molecule has 2 rings (SSSR count). The number of carbonyl (C=O) groups is 1. The number of fused-ring (bicyclic) bond motifs is 1. The minimum Gasteiger partial charge on any atom is -0.397 e. The van der Waals surface area contributed by atoms with E-state index in [4.69, 9.17) is 5.73 Å². The molecule has 2 aromatic rings. The van der Waals surface area contributed by atoms with E-state index in [1.54, 1.807) is 18.3 Å². The van der Waals surface area contributed by atoms with E-state index in [9.17, 15) is 4.79 Å². The first-order valence-electron chi connectivity index (χ1n) is 4.62. The monoisotopic (exact) mass is 234 g/mol. The van der Waals surface area contributed by atoms with Crippen molar-refractivity contribution < 1.29 is 4.79 Å². The number of nitrogens with zero attached hydrogens (tertiary/aromatic N) is 2. The quantitative estimate of drug-likeness (QED) is 0.782. The van der Waals surface area contributed by atoms with Crippen LogP contribution in [0.1, 0.15) is 9.67 Å². The number of thiophene rings is 1. The van der Waals surface area contributed by atoms with Crippen molar-refractivity contribution >= 4 is 33.1 Å². The summed E-state index contributed by atoms with van der Waals surface area (Å²) >= 11 is 1.24. The highest BCUT2D eigenvalue weighted by Crippen LogP contribution is 2.31. The highest BCUT2D eigenvalue weighted by Gasteiger charge is 2.16. The predicted octanol–water partition coefficient (Wildman–Crippen LogP) is 1.19. The Morgan fingerprint density at radius 3 is 3.19 bits per heavy atom. The Morgan fingerprint density at radius 1 is 1.69 bits per heavy atom. The molecule has 6 heteroatoms. The minimum atomic E-state index is -0.208. The van der Waals surface area contributed by atoms with E-state index in [1.165, 1.54) is 11.3 Å². The van der Waals surface area contributed by atoms with Gasteiger partial charge in [-0.2, -0.15) is 5.10 Å². The van der Waals surface area contributed by atoms with Crippen LogP contribution in [-0.2, 0) is 0 Å². The van der Waals surface area contributed by atoms with Gasteiger partial charge in [-0.1, -0.05) is 6.08 Å². The number of carbonyl (C=O) groups excluding carboxylic acids is 1. The predicted molar refractivity (Wildman–Crippen MR) is 64.4 cm³/mol. The lowest BCUT2D eigenvalue weighted by molar-refractivity contribution is 0.0963. The van der Waals surface area contributed by atoms with E-state index in [2.05, 4.69) is 22.1 Å². The average Bonchev–Trinajstić information content (AvgIpc) is 2.64. The number of nitrogens with two attached hydrogens (primary N) is 1. The van der Waals surface area contributed by atoms with Crippen molar-refractivity contribution in [3.8, 4) is 0 Å². The zero-order valence-electron chi connectivity index (χ0n) is 8.43. The molecule has 0 radical (unpaired) electrons. The second-order valence-corrected chi connectivity index (χ2v) is 4.09. The van der Waals surface area contributed by atoms with E-state index in [0.717, 1.165) is 5.39 Å². The highest BCUT2D eigenvalue weighted by molar-refractivity contribution is 7.21. The van der Waals surface area contributed by atoms with Gasteiger partial charge in [0.25, 0.3) is 5.91 Å². The van der Waals surface area contributed by atoms with Crippen LogP contribution in [0.15, 0.2) is 24.9 Å². The van der Waals surface area contributed by atoms with E-state index in [0.29, 0.717) is 21.9 Å². The van der Waals surface area contributed by atoms with Crippen molar-refractivity contribution in [2.24, 2.45) is 0 Å². The standard InChI is InChI=1S/C10H10N4OS/c1-2-4-12-9(15)8-7(11)6-3-5-13-14-10(6)16-8/h2-3,5H,1,4,11H2,(H,12,15). The van der Waals surface area contributed by atoms with Gasteiger partial charge in [-0.05, 0) is 6.07 Å². The van der Waals surface area contributed by atoms with Crippen LogP contribution in [0, 0.1) is 0 Å². The second kappa shape index (κ2) is 4.28. The van der Waals surface area contributed by atoms with E-state index >= 15 is 0 Å². The molecule has 0 aliphatic carbocycles. The van der Waals surface area contributed by atoms with Gasteiger partial charge in [0.1, 0.15) is 9.71 Å². The molecule has 0 unspecified atom stereocenters. The third-order valence-corrected chi connectivity index (χ3v) is 3.14. The Morgan fingerprint density at radius 2 is 2.50 bits per heavy atom. The zero-order valence-corrected chi connectivity index (χ0v) is 9.25. The Bertz CT molecular complexity index is 549. The number of hydrogen-bond donors (Lipinski definition) is 2. The lowest BCUT2D eigenvalue weighted by Gasteiger charge is -1.99. The van der Waals surface area contributed by atoms with Gasteiger partial charge in [-0.15, -0.1) is 23.0 Å². The topological polar surface area (TPSA) is 80.9 Å². The third-order valence-electron chi connectivity index (χ3n) is 2.03. The van der Waals surface area contributed by atoms with Crippen molar-refractivity contribution in [3.05, 3.63) is 29.8 Å². The summed E-state index contributed by atoms with van der Waals surface area (Å²) in [5, 5.41) is 11.1. The summed E-state index contributed by atoms with van der Waals surface area (Å²) in [6.07, 6.45) is 3.16. The lowest BCUT2D eigenvalue weighted by atomic mass is 10.3. The fourth-order valence-electron chi connectivity index (χ4n) is 1.29. The molecule has 16 heavy (non-hydrogen) atoms. The van der Waals surface area contributed by atoms with Crippen LogP contribution in [-0.4, -0.2) is 22.6 Å². The summed E-state index contributed by atoms with van der Waals surface area (Å²) in [6.45, 7) is 3.94. The number of anilines is 1. The van der Waals surface area contributed by atoms with Crippen LogP contribution in [0.3, 0.4) is 0 Å². The first kappa shape index (κ1) is 10.6. The van der Waals surface area contributed by atoms with Crippen LogP contribution in [0.2, 0.25) is 0 Å². The van der Waals surface area contributed by atoms with Crippen molar-refractivity contribution in [2.45, 2.75) is 0 Å². The smallest absolute Gasteiger partial charge is 0.263 e. The van der Waals surface area contributed by atoms with Crippen LogP contribution in [0.25, 0.3) is 10.2 Å². The maximum atomic E-state index is 11.7. The van der Waals surface area contributed by atoms with Crippen LogP contribution >= 0.6 is 11.3 Å². The normalized spacial score (nSPS) is 10.2. The molecule has 3 N–H and O–H groups in total. The Hall–Kier alpha value is -1.95. The van der Waals surface area contributed by atoms with Crippen LogP contribution in [0.4, 0.5) is 5.69 Å². The molecular formula is C10H10N4OS. The SMILES string of the molecule is C=CCNC(=O)c1sc2nnccc2c1N. The van der Waals surface area contributed by atoms with Crippen molar-refractivity contribution in [2.75, 3.05) is 12.3 Å².